The Hall–Kier alpha value is -11.9. The molecular formula is C87H91FN14O8. The van der Waals surface area contributed by atoms with Crippen molar-refractivity contribution in [2.24, 2.45) is 0 Å². The molecule has 0 bridgehead atoms. The molecular weight excluding hydrogens is 1390 g/mol. The molecule has 4 aromatic carbocycles. The molecule has 12 aromatic heterocycles. The van der Waals surface area contributed by atoms with E-state index in [9.17, 15) is 23.6 Å². The van der Waals surface area contributed by atoms with Gasteiger partial charge in [0.25, 0.3) is 0 Å². The maximum Gasteiger partial charge on any atom is 0.345 e. The number of halogens is 1. The molecule has 0 amide bonds. The minimum atomic E-state index is -0.478. The van der Waals surface area contributed by atoms with Crippen LogP contribution in [0.3, 0.4) is 0 Å². The van der Waals surface area contributed by atoms with Crippen LogP contribution in [0, 0.1) is 47.4 Å². The lowest BCUT2D eigenvalue weighted by atomic mass is 10.0. The Labute approximate surface area is 634 Å². The number of aryl methyl sites for hydroxylation is 10. The molecule has 22 nitrogen and oxygen atoms in total. The van der Waals surface area contributed by atoms with E-state index in [-0.39, 0.29) is 22.5 Å². The average Bonchev–Trinajstić information content (AvgIpc) is 1.51. The maximum atomic E-state index is 14.4. The fourth-order valence-corrected chi connectivity index (χ4v) is 13.8. The van der Waals surface area contributed by atoms with Crippen LogP contribution >= 0.6 is 0 Å². The van der Waals surface area contributed by atoms with E-state index in [1.807, 2.05) is 186 Å². The fraction of sp³-hybridized carbons (Fsp3) is 0.287. The summed E-state index contributed by atoms with van der Waals surface area (Å²) in [5.74, 6) is -0.471. The molecule has 0 atom stereocenters. The number of nitrogens with one attached hydrogen (secondary N) is 2. The molecule has 564 valence electrons. The molecule has 0 aliphatic heterocycles. The largest absolute Gasteiger partial charge is 0.422 e. The van der Waals surface area contributed by atoms with E-state index < -0.39 is 11.4 Å². The Kier molecular flexibility index (Phi) is 23.1. The Bertz CT molecular complexity index is 6350. The predicted molar refractivity (Wildman–Crippen MR) is 434 cm³/mol. The monoisotopic (exact) mass is 1480 g/mol. The highest BCUT2D eigenvalue weighted by molar-refractivity contribution is 5.86. The van der Waals surface area contributed by atoms with Crippen molar-refractivity contribution in [2.45, 2.75) is 99.8 Å². The van der Waals surface area contributed by atoms with E-state index in [1.54, 1.807) is 29.8 Å². The van der Waals surface area contributed by atoms with Crippen molar-refractivity contribution in [3.8, 4) is 44.8 Å². The van der Waals surface area contributed by atoms with Crippen molar-refractivity contribution < 1.29 is 22.1 Å². The summed E-state index contributed by atoms with van der Waals surface area (Å²) < 4.78 is 44.3. The van der Waals surface area contributed by atoms with Crippen molar-refractivity contribution in [2.75, 3.05) is 68.5 Å². The van der Waals surface area contributed by atoms with E-state index in [1.165, 1.54) is 17.2 Å². The first-order valence-corrected chi connectivity index (χ1v) is 37.1. The second kappa shape index (κ2) is 33.3. The third kappa shape index (κ3) is 17.5. The first kappa shape index (κ1) is 76.3. The summed E-state index contributed by atoms with van der Waals surface area (Å²) in [6.45, 7) is 17.5. The number of likely N-dealkylation sites (N-methyl/N-ethyl adjacent to an activating group) is 1. The highest BCUT2D eigenvalue weighted by atomic mass is 19.1. The van der Waals surface area contributed by atoms with Gasteiger partial charge in [-0.2, -0.15) is 0 Å². The minimum Gasteiger partial charge on any atom is -0.422 e. The highest BCUT2D eigenvalue weighted by Gasteiger charge is 2.19. The molecule has 0 spiro atoms. The molecule has 12 heterocycles. The average molecular weight is 1480 g/mol. The van der Waals surface area contributed by atoms with Crippen LogP contribution in [0.5, 0.6) is 0 Å². The van der Waals surface area contributed by atoms with E-state index in [0.717, 1.165) is 167 Å². The van der Waals surface area contributed by atoms with Gasteiger partial charge < -0.3 is 55.7 Å². The quantitative estimate of drug-likeness (QED) is 0.0532. The van der Waals surface area contributed by atoms with Gasteiger partial charge in [0.1, 0.15) is 28.0 Å². The molecule has 0 fully saturated rings. The predicted octanol–water partition coefficient (Wildman–Crippen LogP) is 14.7. The standard InChI is InChI=1S/C24H27N3O2.C22H22FN3O2.C21H22N4O2.C20H20N4O2/c1-5-18-12-20(15-27-14-16(2)25-23(18)27)21-13-19-9-8-17(7-6-10-26(3)4)11-22(19)29-24(21)28;1-14-12-26-13-17(11-19(23)21(26)24-14)18-10-16-7-6-15(5-4-8-25(2)3)9-20(16)28-22(18)27;1-13-11-25-12-18(24-20(25)14(2)23-13)17-10-16-7-6-15(5-4-8-22-3)9-19(16)27-21(17)26;1-12-10-24-11-17(23-19(24)13(2)22-12)16-9-15-5-4-14(6-7-21-3)8-18(15)26-20(16)25/h8-9,11-15H,5-7,10H2,1-4H3;6-7,9-13H,4-5,8H2,1-3H3;6-7,9-12,22H,4-5,8H2,1-3H3;4-5,8-11,21H,6-7H2,1-3H3. The van der Waals surface area contributed by atoms with Gasteiger partial charge in [-0.1, -0.05) is 55.5 Å². The van der Waals surface area contributed by atoms with Crippen molar-refractivity contribution in [1.82, 2.24) is 67.9 Å². The van der Waals surface area contributed by atoms with Gasteiger partial charge >= 0.3 is 22.5 Å². The summed E-state index contributed by atoms with van der Waals surface area (Å²) in [6.07, 6.45) is 22.6. The lowest BCUT2D eigenvalue weighted by molar-refractivity contribution is 0.400. The van der Waals surface area contributed by atoms with E-state index in [0.29, 0.717) is 67.2 Å². The van der Waals surface area contributed by atoms with Crippen LogP contribution in [0.15, 0.2) is 196 Å². The summed E-state index contributed by atoms with van der Waals surface area (Å²) in [5.41, 5.74) is 18.8. The second-order valence-corrected chi connectivity index (χ2v) is 28.7. The zero-order valence-corrected chi connectivity index (χ0v) is 64.5. The fourth-order valence-electron chi connectivity index (χ4n) is 13.8. The lowest BCUT2D eigenvalue weighted by Crippen LogP contribution is -2.13. The van der Waals surface area contributed by atoms with Crippen LogP contribution in [0.1, 0.15) is 88.2 Å². The Morgan fingerprint density at radius 2 is 0.736 bits per heavy atom. The summed E-state index contributed by atoms with van der Waals surface area (Å²) >= 11 is 0. The maximum absolute atomic E-state index is 14.4. The van der Waals surface area contributed by atoms with Crippen LogP contribution in [0.2, 0.25) is 0 Å². The first-order chi connectivity index (χ1) is 52.9. The molecule has 0 radical (unpaired) electrons. The number of nitrogens with zero attached hydrogens (tertiary/aromatic N) is 12. The van der Waals surface area contributed by atoms with Crippen LogP contribution in [-0.2, 0) is 32.1 Å². The van der Waals surface area contributed by atoms with Crippen molar-refractivity contribution >= 4 is 66.5 Å². The molecule has 16 aromatic rings. The van der Waals surface area contributed by atoms with Gasteiger partial charge in [0, 0.05) is 82.2 Å². The smallest absolute Gasteiger partial charge is 0.345 e. The summed E-state index contributed by atoms with van der Waals surface area (Å²) in [7, 11) is 12.1. The van der Waals surface area contributed by atoms with Gasteiger partial charge in [-0.25, -0.2) is 43.5 Å². The van der Waals surface area contributed by atoms with Crippen LogP contribution in [0.25, 0.3) is 111 Å². The van der Waals surface area contributed by atoms with Crippen LogP contribution in [0.4, 0.5) is 4.39 Å². The molecule has 0 aliphatic carbocycles. The number of benzene rings is 4. The summed E-state index contributed by atoms with van der Waals surface area (Å²) in [5, 5.41) is 9.79. The molecule has 0 aliphatic rings. The Balaban J connectivity index is 0.000000129. The zero-order chi connectivity index (χ0) is 77.6. The molecule has 0 saturated carbocycles. The lowest BCUT2D eigenvalue weighted by Gasteiger charge is -2.10. The Morgan fingerprint density at radius 3 is 1.15 bits per heavy atom. The molecule has 2 N–H and O–H groups in total. The van der Waals surface area contributed by atoms with Crippen molar-refractivity contribution in [3.05, 3.63) is 268 Å². The SMILES string of the molecule is CCc1cc(-c2cc3ccc(CCCN(C)C)cc3oc2=O)cn2cc(C)nc12.CNCCCc1ccc2cc(-c3cn4cc(C)nc(C)c4n3)c(=O)oc2c1.CNCCc1ccc2cc(-c3cn4cc(C)nc(C)c4n3)c(=O)oc2c1.Cc1cn2cc(-c3cc4ccc(CCCN(C)C)cc4oc3=O)cc(F)c2n1. The molecule has 0 unspecified atom stereocenters. The molecule has 110 heavy (non-hydrogen) atoms. The number of hydrogen-bond acceptors (Lipinski definition) is 18. The number of aromatic nitrogens is 10. The molecule has 0 saturated heterocycles. The second-order valence-electron chi connectivity index (χ2n) is 28.7. The third-order valence-electron chi connectivity index (χ3n) is 19.3. The van der Waals surface area contributed by atoms with Crippen molar-refractivity contribution in [1.29, 1.82) is 0 Å². The van der Waals surface area contributed by atoms with Crippen molar-refractivity contribution in [3.63, 3.8) is 0 Å². The van der Waals surface area contributed by atoms with Gasteiger partial charge in [0.2, 0.25) is 0 Å². The minimum absolute atomic E-state index is 0.244. The number of rotatable bonds is 20. The number of fused-ring (bicyclic) bond motifs is 8. The zero-order valence-electron chi connectivity index (χ0n) is 64.5. The topological polar surface area (TPSA) is 246 Å². The highest BCUT2D eigenvalue weighted by Crippen LogP contribution is 2.30. The van der Waals surface area contributed by atoms with Crippen LogP contribution < -0.4 is 33.1 Å². The van der Waals surface area contributed by atoms with Gasteiger partial charge in [0.15, 0.2) is 22.8 Å². The normalized spacial score (nSPS) is 11.6. The summed E-state index contributed by atoms with van der Waals surface area (Å²) in [6, 6.07) is 34.9. The van der Waals surface area contributed by atoms with Crippen LogP contribution in [-0.4, -0.2) is 126 Å². The van der Waals surface area contributed by atoms with Gasteiger partial charge in [-0.15, -0.1) is 0 Å². The van der Waals surface area contributed by atoms with Gasteiger partial charge in [0.05, 0.1) is 67.8 Å². The van der Waals surface area contributed by atoms with E-state index in [2.05, 4.69) is 95.6 Å². The Morgan fingerprint density at radius 1 is 0.382 bits per heavy atom. The summed E-state index contributed by atoms with van der Waals surface area (Å²) in [4.78, 5) is 81.6. The number of imidazole rings is 4. The van der Waals surface area contributed by atoms with E-state index in [4.69, 9.17) is 17.7 Å². The van der Waals surface area contributed by atoms with E-state index >= 15 is 0 Å². The molecule has 16 rings (SSSR count). The van der Waals surface area contributed by atoms with Gasteiger partial charge in [-0.05, 0) is 250 Å². The number of hydrogen-bond donors (Lipinski definition) is 2. The first-order valence-electron chi connectivity index (χ1n) is 37.1. The molecule has 23 heteroatoms. The number of pyridine rings is 2. The van der Waals surface area contributed by atoms with Gasteiger partial charge in [-0.3, -0.25) is 9.97 Å². The third-order valence-corrected chi connectivity index (χ3v) is 19.3.